The Morgan fingerprint density at radius 2 is 1.72 bits per heavy atom. The molecule has 1 amide bonds. The third-order valence-corrected chi connectivity index (χ3v) is 6.42. The normalized spacial score (nSPS) is 13.6. The minimum absolute atomic E-state index is 0.155. The Morgan fingerprint density at radius 1 is 0.944 bits per heavy atom. The highest BCUT2D eigenvalue weighted by Crippen LogP contribution is 2.24. The van der Waals surface area contributed by atoms with Crippen molar-refractivity contribution in [3.05, 3.63) is 108 Å². The number of rotatable bonds is 9. The summed E-state index contributed by atoms with van der Waals surface area (Å²) >= 11 is 0. The Hall–Kier alpha value is -4.10. The van der Waals surface area contributed by atoms with E-state index in [4.69, 9.17) is 4.74 Å². The van der Waals surface area contributed by atoms with Gasteiger partial charge in [-0.25, -0.2) is 4.68 Å². The highest BCUT2D eigenvalue weighted by Gasteiger charge is 2.18. The first kappa shape index (κ1) is 23.6. The third kappa shape index (κ3) is 5.75. The van der Waals surface area contributed by atoms with Crippen molar-refractivity contribution < 1.29 is 9.53 Å². The van der Waals surface area contributed by atoms with Gasteiger partial charge in [-0.2, -0.15) is 5.10 Å². The lowest BCUT2D eigenvalue weighted by atomic mass is 10.1. The zero-order chi connectivity index (χ0) is 24.7. The lowest BCUT2D eigenvalue weighted by Gasteiger charge is -2.28. The molecule has 1 aliphatic rings. The fourth-order valence-corrected chi connectivity index (χ4v) is 4.51. The number of carbonyl (C=O) groups excluding carboxylic acids is 1. The van der Waals surface area contributed by atoms with Crippen molar-refractivity contribution in [1.82, 2.24) is 20.0 Å². The van der Waals surface area contributed by atoms with E-state index >= 15 is 0 Å². The summed E-state index contributed by atoms with van der Waals surface area (Å²) in [5.74, 6) is 1.01. The van der Waals surface area contributed by atoms with Crippen molar-refractivity contribution >= 4 is 11.6 Å². The molecule has 5 rings (SSSR count). The van der Waals surface area contributed by atoms with Gasteiger partial charge in [0.25, 0.3) is 0 Å². The Kier molecular flexibility index (Phi) is 7.28. The number of benzene rings is 3. The number of ether oxygens (including phenoxy) is 1. The molecule has 0 radical (unpaired) electrons. The second-order valence-electron chi connectivity index (χ2n) is 8.99. The van der Waals surface area contributed by atoms with Crippen LogP contribution in [0.2, 0.25) is 0 Å². The number of piperazine rings is 1. The van der Waals surface area contributed by atoms with E-state index in [1.165, 1.54) is 11.1 Å². The van der Waals surface area contributed by atoms with Crippen LogP contribution in [-0.4, -0.2) is 47.3 Å². The SMILES string of the molecule is COc1cccc(CN(Cc2cccc(-n3cccn3)c2)c2ccc(CN3CCNCC3=O)cc2)c1. The summed E-state index contributed by atoms with van der Waals surface area (Å²) in [5.41, 5.74) is 5.66. The summed E-state index contributed by atoms with van der Waals surface area (Å²) in [6, 6.07) is 27.2. The van der Waals surface area contributed by atoms with Gasteiger partial charge < -0.3 is 19.9 Å². The lowest BCUT2D eigenvalue weighted by molar-refractivity contribution is -0.132. The zero-order valence-electron chi connectivity index (χ0n) is 20.5. The van der Waals surface area contributed by atoms with E-state index in [1.54, 1.807) is 13.3 Å². The highest BCUT2D eigenvalue weighted by atomic mass is 16.5. The molecule has 1 fully saturated rings. The van der Waals surface area contributed by atoms with E-state index in [0.717, 1.165) is 48.9 Å². The fraction of sp³-hybridized carbons (Fsp3) is 0.241. The molecule has 0 atom stereocenters. The van der Waals surface area contributed by atoms with Gasteiger partial charge in [-0.3, -0.25) is 4.79 Å². The number of nitrogens with one attached hydrogen (secondary N) is 1. The summed E-state index contributed by atoms with van der Waals surface area (Å²) in [5, 5.41) is 7.50. The van der Waals surface area contributed by atoms with Crippen LogP contribution in [0.4, 0.5) is 5.69 Å². The summed E-state index contributed by atoms with van der Waals surface area (Å²) in [7, 11) is 1.69. The van der Waals surface area contributed by atoms with Gasteiger partial charge in [0.15, 0.2) is 0 Å². The number of amides is 1. The van der Waals surface area contributed by atoms with Gasteiger partial charge in [0.05, 0.1) is 19.3 Å². The fourth-order valence-electron chi connectivity index (χ4n) is 4.51. The van der Waals surface area contributed by atoms with E-state index in [0.29, 0.717) is 13.1 Å². The van der Waals surface area contributed by atoms with Gasteiger partial charge in [-0.05, 0) is 59.2 Å². The van der Waals surface area contributed by atoms with Crippen LogP contribution in [0.1, 0.15) is 16.7 Å². The molecule has 184 valence electrons. The molecule has 0 saturated carbocycles. The number of hydrogen-bond donors (Lipinski definition) is 1. The number of nitrogens with zero attached hydrogens (tertiary/aromatic N) is 4. The first-order valence-electron chi connectivity index (χ1n) is 12.2. The molecular weight excluding hydrogens is 450 g/mol. The van der Waals surface area contributed by atoms with E-state index in [-0.39, 0.29) is 5.91 Å². The van der Waals surface area contributed by atoms with Gasteiger partial charge in [0.2, 0.25) is 5.91 Å². The molecule has 7 nitrogen and oxygen atoms in total. The van der Waals surface area contributed by atoms with Crippen LogP contribution in [0.3, 0.4) is 0 Å². The zero-order valence-corrected chi connectivity index (χ0v) is 20.5. The largest absolute Gasteiger partial charge is 0.497 e. The van der Waals surface area contributed by atoms with Gasteiger partial charge in [-0.15, -0.1) is 0 Å². The predicted octanol–water partition coefficient (Wildman–Crippen LogP) is 4.02. The standard InChI is InChI=1S/C29H31N5O2/c1-36-28-8-3-6-25(18-28)22-33(21-24-5-2-7-27(17-24)34-15-4-13-31-34)26-11-9-23(10-12-26)20-32-16-14-30-19-29(32)35/h2-13,15,17-18,30H,14,16,19-22H2,1H3. The Balaban J connectivity index is 1.39. The van der Waals surface area contributed by atoms with Crippen LogP contribution in [0.15, 0.2) is 91.3 Å². The van der Waals surface area contributed by atoms with Crippen molar-refractivity contribution in [1.29, 1.82) is 0 Å². The number of carbonyl (C=O) groups is 1. The third-order valence-electron chi connectivity index (χ3n) is 6.42. The van der Waals surface area contributed by atoms with Crippen molar-refractivity contribution in [2.45, 2.75) is 19.6 Å². The summed E-state index contributed by atoms with van der Waals surface area (Å²) in [6.45, 7) is 4.12. The number of methoxy groups -OCH3 is 1. The first-order chi connectivity index (χ1) is 17.7. The summed E-state index contributed by atoms with van der Waals surface area (Å²) in [4.78, 5) is 16.5. The van der Waals surface area contributed by atoms with Crippen LogP contribution in [0, 0.1) is 0 Å². The molecule has 36 heavy (non-hydrogen) atoms. The predicted molar refractivity (Wildman–Crippen MR) is 141 cm³/mol. The molecule has 2 heterocycles. The van der Waals surface area contributed by atoms with Crippen molar-refractivity contribution in [3.8, 4) is 11.4 Å². The maximum Gasteiger partial charge on any atom is 0.236 e. The van der Waals surface area contributed by atoms with Crippen LogP contribution in [0.5, 0.6) is 5.75 Å². The number of anilines is 1. The highest BCUT2D eigenvalue weighted by molar-refractivity contribution is 5.79. The van der Waals surface area contributed by atoms with Crippen molar-refractivity contribution in [2.75, 3.05) is 31.6 Å². The first-order valence-corrected chi connectivity index (χ1v) is 12.2. The Labute approximate surface area is 211 Å². The van der Waals surface area contributed by atoms with Gasteiger partial charge in [0.1, 0.15) is 5.75 Å². The smallest absolute Gasteiger partial charge is 0.236 e. The van der Waals surface area contributed by atoms with Crippen LogP contribution in [0.25, 0.3) is 5.69 Å². The molecule has 0 unspecified atom stereocenters. The Bertz CT molecular complexity index is 1290. The Morgan fingerprint density at radius 3 is 2.44 bits per heavy atom. The van der Waals surface area contributed by atoms with Crippen LogP contribution >= 0.6 is 0 Å². The molecule has 0 spiro atoms. The van der Waals surface area contributed by atoms with Gasteiger partial charge in [0, 0.05) is 50.8 Å². The quantitative estimate of drug-likeness (QED) is 0.391. The minimum Gasteiger partial charge on any atom is -0.497 e. The molecule has 1 aromatic heterocycles. The molecule has 0 aliphatic carbocycles. The topological polar surface area (TPSA) is 62.6 Å². The van der Waals surface area contributed by atoms with Gasteiger partial charge >= 0.3 is 0 Å². The molecule has 4 aromatic rings. The monoisotopic (exact) mass is 481 g/mol. The maximum absolute atomic E-state index is 12.2. The maximum atomic E-state index is 12.2. The number of aromatic nitrogens is 2. The van der Waals surface area contributed by atoms with Gasteiger partial charge in [-0.1, -0.05) is 36.4 Å². The molecule has 1 aliphatic heterocycles. The van der Waals surface area contributed by atoms with E-state index in [1.807, 2.05) is 34.0 Å². The van der Waals surface area contributed by atoms with Crippen LogP contribution < -0.4 is 15.0 Å². The molecule has 0 bridgehead atoms. The van der Waals surface area contributed by atoms with Crippen molar-refractivity contribution in [2.24, 2.45) is 0 Å². The average Bonchev–Trinajstić information content (AvgIpc) is 3.46. The number of hydrogen-bond acceptors (Lipinski definition) is 5. The second-order valence-corrected chi connectivity index (χ2v) is 8.99. The molecule has 1 N–H and O–H groups in total. The average molecular weight is 482 g/mol. The molecule has 3 aromatic carbocycles. The molecular formula is C29H31N5O2. The van der Waals surface area contributed by atoms with Crippen LogP contribution in [-0.2, 0) is 24.4 Å². The van der Waals surface area contributed by atoms with E-state index in [9.17, 15) is 4.79 Å². The summed E-state index contributed by atoms with van der Waals surface area (Å²) in [6.07, 6.45) is 3.74. The minimum atomic E-state index is 0.155. The van der Waals surface area contributed by atoms with E-state index in [2.05, 4.69) is 76.0 Å². The van der Waals surface area contributed by atoms with E-state index < -0.39 is 0 Å². The lowest BCUT2D eigenvalue weighted by Crippen LogP contribution is -2.47. The summed E-state index contributed by atoms with van der Waals surface area (Å²) < 4.78 is 7.33. The molecule has 1 saturated heterocycles. The van der Waals surface area contributed by atoms with Crippen molar-refractivity contribution in [3.63, 3.8) is 0 Å². The second kappa shape index (κ2) is 11.1. The molecule has 7 heteroatoms.